The molecule has 8 heteroatoms. The van der Waals surface area contributed by atoms with Crippen molar-refractivity contribution in [3.63, 3.8) is 0 Å². The first-order valence-corrected chi connectivity index (χ1v) is 14.3. The third-order valence-corrected chi connectivity index (χ3v) is 5.35. The molecule has 0 heterocycles. The summed E-state index contributed by atoms with van der Waals surface area (Å²) in [4.78, 5) is 24.5. The van der Waals surface area contributed by atoms with E-state index in [2.05, 4.69) is 17.4 Å². The van der Waals surface area contributed by atoms with E-state index in [1.165, 1.54) is 5.56 Å². The number of hydrogen-bond donors (Lipinski definition) is 3. The predicted molar refractivity (Wildman–Crippen MR) is 165 cm³/mol. The summed E-state index contributed by atoms with van der Waals surface area (Å²) in [5.41, 5.74) is 1.54. The van der Waals surface area contributed by atoms with Crippen LogP contribution in [0.25, 0.3) is 0 Å². The van der Waals surface area contributed by atoms with Crippen molar-refractivity contribution in [2.75, 3.05) is 19.8 Å². The molecule has 0 fully saturated rings. The van der Waals surface area contributed by atoms with Crippen LogP contribution in [0.2, 0.25) is 0 Å². The van der Waals surface area contributed by atoms with Crippen molar-refractivity contribution in [2.24, 2.45) is 0 Å². The Morgan fingerprint density at radius 2 is 1.24 bits per heavy atom. The zero-order valence-corrected chi connectivity index (χ0v) is 26.6. The molecule has 0 saturated heterocycles. The first-order chi connectivity index (χ1) is 19.1. The summed E-state index contributed by atoms with van der Waals surface area (Å²) in [6.45, 7) is 18.6. The van der Waals surface area contributed by atoms with Gasteiger partial charge in [-0.25, -0.2) is 0 Å². The summed E-state index contributed by atoms with van der Waals surface area (Å²) in [5.74, 6) is -0.406. The Morgan fingerprint density at radius 1 is 0.780 bits per heavy atom. The van der Waals surface area contributed by atoms with Crippen LogP contribution >= 0.6 is 0 Å². The van der Waals surface area contributed by atoms with Gasteiger partial charge < -0.3 is 25.0 Å². The third kappa shape index (κ3) is 21.6. The van der Waals surface area contributed by atoms with Crippen LogP contribution in [0.5, 0.6) is 0 Å². The van der Waals surface area contributed by atoms with Gasteiger partial charge in [0.1, 0.15) is 11.2 Å². The summed E-state index contributed by atoms with van der Waals surface area (Å²) in [5, 5.41) is 21.3. The first-order valence-electron chi connectivity index (χ1n) is 14.3. The average molecular weight is 575 g/mol. The van der Waals surface area contributed by atoms with Crippen molar-refractivity contribution in [3.05, 3.63) is 71.8 Å². The number of esters is 2. The summed E-state index contributed by atoms with van der Waals surface area (Å²) >= 11 is 0. The highest BCUT2D eigenvalue weighted by atomic mass is 16.6. The van der Waals surface area contributed by atoms with Crippen molar-refractivity contribution in [1.82, 2.24) is 10.2 Å². The lowest BCUT2D eigenvalue weighted by Gasteiger charge is -2.28. The number of carbonyl (C=O) groups excluding carboxylic acids is 2. The fourth-order valence-electron chi connectivity index (χ4n) is 3.21. The molecule has 0 aliphatic carbocycles. The van der Waals surface area contributed by atoms with E-state index in [1.54, 1.807) is 6.92 Å². The van der Waals surface area contributed by atoms with E-state index in [4.69, 9.17) is 14.6 Å². The number of rotatable bonds is 11. The lowest BCUT2D eigenvalue weighted by molar-refractivity contribution is -0.157. The minimum Gasteiger partial charge on any atom is -0.460 e. The van der Waals surface area contributed by atoms with Gasteiger partial charge in [0.2, 0.25) is 0 Å². The molecule has 0 bridgehead atoms. The minimum atomic E-state index is -0.488. The van der Waals surface area contributed by atoms with E-state index >= 15 is 0 Å². The van der Waals surface area contributed by atoms with Gasteiger partial charge in [0.25, 0.3) is 0 Å². The number of ether oxygens (including phenoxy) is 2. The number of aliphatic hydroxyl groups is 2. The fourth-order valence-corrected chi connectivity index (χ4v) is 3.21. The smallest absolute Gasteiger partial charge is 0.320 e. The van der Waals surface area contributed by atoms with Crippen LogP contribution in [0.1, 0.15) is 79.9 Å². The number of aliphatic hydroxyl groups excluding tert-OH is 2. The number of hydrogen-bond acceptors (Lipinski definition) is 8. The predicted octanol–water partition coefficient (Wildman–Crippen LogP) is 5.11. The van der Waals surface area contributed by atoms with Crippen molar-refractivity contribution in [3.8, 4) is 0 Å². The number of carbonyl (C=O) groups is 2. The maximum atomic E-state index is 11.9. The SMILES string of the molecule is CCC(=O)OC(C)(C)C.C[C@@H](CO)N(CC(=O)OC(C)(C)C)Cc1ccccc1.C[C@@H](CO)NCc1ccccc1. The summed E-state index contributed by atoms with van der Waals surface area (Å²) in [6.07, 6.45) is 0.456. The van der Waals surface area contributed by atoms with Crippen LogP contribution in [0.3, 0.4) is 0 Å². The lowest BCUT2D eigenvalue weighted by Crippen LogP contribution is -2.41. The molecule has 0 saturated carbocycles. The van der Waals surface area contributed by atoms with Crippen LogP contribution in [-0.2, 0) is 32.2 Å². The van der Waals surface area contributed by atoms with Crippen molar-refractivity contribution in [2.45, 2.75) is 105 Å². The van der Waals surface area contributed by atoms with E-state index in [0.717, 1.165) is 12.1 Å². The van der Waals surface area contributed by atoms with Crippen LogP contribution in [0.4, 0.5) is 0 Å². The van der Waals surface area contributed by atoms with Gasteiger partial charge in [0.15, 0.2) is 0 Å². The molecule has 0 aliphatic rings. The highest BCUT2D eigenvalue weighted by Gasteiger charge is 2.22. The van der Waals surface area contributed by atoms with Gasteiger partial charge >= 0.3 is 11.9 Å². The molecule has 2 aromatic rings. The van der Waals surface area contributed by atoms with Crippen molar-refractivity contribution < 1.29 is 29.3 Å². The Bertz CT molecular complexity index is 955. The standard InChI is InChI=1S/C16H25NO3.C10H15NO.C7H14O2/c1-13(12-18)17(10-14-8-6-5-7-9-14)11-15(19)20-16(2,3)4;1-9(8-12)11-7-10-5-3-2-4-6-10;1-5-6(8)9-7(2,3)4/h5-9,13,18H,10-12H2,1-4H3;2-6,9,11-12H,7-8H2,1H3;5H2,1-4H3/t13-;9-;/m00./s1. The highest BCUT2D eigenvalue weighted by Crippen LogP contribution is 2.12. The van der Waals surface area contributed by atoms with E-state index in [0.29, 0.717) is 13.0 Å². The molecule has 0 radical (unpaired) electrons. The Balaban J connectivity index is 0.000000646. The van der Waals surface area contributed by atoms with Gasteiger partial charge in [0, 0.05) is 31.6 Å². The van der Waals surface area contributed by atoms with E-state index in [-0.39, 0.29) is 49.4 Å². The normalized spacial score (nSPS) is 12.7. The molecule has 0 unspecified atom stereocenters. The zero-order valence-electron chi connectivity index (χ0n) is 26.6. The molecule has 2 rings (SSSR count). The Morgan fingerprint density at radius 3 is 1.63 bits per heavy atom. The molecule has 8 nitrogen and oxygen atoms in total. The maximum absolute atomic E-state index is 11.9. The second-order valence-corrected chi connectivity index (χ2v) is 11.9. The van der Waals surface area contributed by atoms with Gasteiger partial charge in [-0.15, -0.1) is 0 Å². The van der Waals surface area contributed by atoms with Gasteiger partial charge in [-0.05, 0) is 66.5 Å². The molecule has 3 N–H and O–H groups in total. The van der Waals surface area contributed by atoms with E-state index < -0.39 is 5.60 Å². The largest absolute Gasteiger partial charge is 0.460 e. The molecule has 41 heavy (non-hydrogen) atoms. The second-order valence-electron chi connectivity index (χ2n) is 11.9. The van der Waals surface area contributed by atoms with Crippen molar-refractivity contribution >= 4 is 11.9 Å². The Kier molecular flexibility index (Phi) is 18.8. The average Bonchev–Trinajstić information content (AvgIpc) is 2.90. The Labute approximate surface area is 248 Å². The Hall–Kier alpha value is -2.78. The van der Waals surface area contributed by atoms with Crippen LogP contribution < -0.4 is 5.32 Å². The fraction of sp³-hybridized carbons (Fsp3) is 0.576. The van der Waals surface area contributed by atoms with E-state index in [1.807, 2.05) is 109 Å². The quantitative estimate of drug-likeness (QED) is 0.318. The molecule has 0 aromatic heterocycles. The monoisotopic (exact) mass is 574 g/mol. The van der Waals surface area contributed by atoms with Crippen LogP contribution in [-0.4, -0.2) is 70.1 Å². The number of nitrogens with zero attached hydrogens (tertiary/aromatic N) is 1. The number of benzene rings is 2. The molecular weight excluding hydrogens is 520 g/mol. The molecular formula is C33H54N2O6. The first kappa shape index (κ1) is 38.2. The van der Waals surface area contributed by atoms with Gasteiger partial charge in [-0.3, -0.25) is 14.5 Å². The van der Waals surface area contributed by atoms with Gasteiger partial charge in [-0.2, -0.15) is 0 Å². The van der Waals surface area contributed by atoms with Crippen molar-refractivity contribution in [1.29, 1.82) is 0 Å². The third-order valence-electron chi connectivity index (χ3n) is 5.35. The molecule has 2 aromatic carbocycles. The minimum absolute atomic E-state index is 0.00955. The molecule has 2 atom stereocenters. The molecule has 0 aliphatic heterocycles. The lowest BCUT2D eigenvalue weighted by atomic mass is 10.1. The summed E-state index contributed by atoms with van der Waals surface area (Å²) in [7, 11) is 0. The topological polar surface area (TPSA) is 108 Å². The van der Waals surface area contributed by atoms with Crippen LogP contribution in [0.15, 0.2) is 60.7 Å². The maximum Gasteiger partial charge on any atom is 0.320 e. The summed E-state index contributed by atoms with van der Waals surface area (Å²) in [6, 6.07) is 20.1. The molecule has 232 valence electrons. The molecule has 0 amide bonds. The summed E-state index contributed by atoms with van der Waals surface area (Å²) < 4.78 is 10.3. The van der Waals surface area contributed by atoms with Crippen LogP contribution in [0, 0.1) is 0 Å². The van der Waals surface area contributed by atoms with Gasteiger partial charge in [-0.1, -0.05) is 67.6 Å². The van der Waals surface area contributed by atoms with Gasteiger partial charge in [0.05, 0.1) is 19.8 Å². The van der Waals surface area contributed by atoms with E-state index in [9.17, 15) is 14.7 Å². The molecule has 0 spiro atoms. The zero-order chi connectivity index (χ0) is 31.5. The highest BCUT2D eigenvalue weighted by molar-refractivity contribution is 5.72. The number of nitrogens with one attached hydrogen (secondary N) is 1. The second kappa shape index (κ2) is 20.2.